The predicted molar refractivity (Wildman–Crippen MR) is 67.1 cm³/mol. The highest BCUT2D eigenvalue weighted by Gasteiger charge is 2.07. The van der Waals surface area contributed by atoms with E-state index >= 15 is 0 Å². The molecule has 0 saturated heterocycles. The maximum absolute atomic E-state index is 11.5. The lowest BCUT2D eigenvalue weighted by Gasteiger charge is -2.05. The van der Waals surface area contributed by atoms with Crippen LogP contribution in [0.3, 0.4) is 0 Å². The third kappa shape index (κ3) is 5.76. The predicted octanol–water partition coefficient (Wildman–Crippen LogP) is 0.123. The Bertz CT molecular complexity index is 504. The highest BCUT2D eigenvalue weighted by Crippen LogP contribution is 2.08. The highest BCUT2D eigenvalue weighted by molar-refractivity contribution is 9.10. The second kappa shape index (κ2) is 6.08. The van der Waals surface area contributed by atoms with Gasteiger partial charge in [-0.2, -0.15) is 0 Å². The summed E-state index contributed by atoms with van der Waals surface area (Å²) in [4.78, 5) is 15.4. The fourth-order valence-corrected chi connectivity index (χ4v) is 1.84. The fourth-order valence-electron chi connectivity index (χ4n) is 1.03. The van der Waals surface area contributed by atoms with E-state index in [1.165, 1.54) is 6.20 Å². The minimum atomic E-state index is -3.22. The van der Waals surface area contributed by atoms with E-state index in [9.17, 15) is 13.2 Å². The van der Waals surface area contributed by atoms with Crippen molar-refractivity contribution in [3.63, 3.8) is 0 Å². The molecule has 0 saturated carbocycles. The smallest absolute Gasteiger partial charge is 0.269 e. The number of rotatable bonds is 5. The van der Waals surface area contributed by atoms with Gasteiger partial charge in [0, 0.05) is 23.8 Å². The SMILES string of the molecule is CS(=O)(=O)NCCNC(=O)c1cc(Br)ccn1. The number of halogens is 1. The molecule has 17 heavy (non-hydrogen) atoms. The number of hydrogen-bond acceptors (Lipinski definition) is 4. The summed E-state index contributed by atoms with van der Waals surface area (Å²) in [6.07, 6.45) is 2.57. The molecule has 1 heterocycles. The van der Waals surface area contributed by atoms with Gasteiger partial charge in [-0.25, -0.2) is 13.1 Å². The van der Waals surface area contributed by atoms with Crippen molar-refractivity contribution in [3.8, 4) is 0 Å². The quantitative estimate of drug-likeness (QED) is 0.754. The van der Waals surface area contributed by atoms with Gasteiger partial charge < -0.3 is 5.32 Å². The Hall–Kier alpha value is -0.990. The number of carbonyl (C=O) groups is 1. The number of pyridine rings is 1. The lowest BCUT2D eigenvalue weighted by Crippen LogP contribution is -2.34. The number of sulfonamides is 1. The van der Waals surface area contributed by atoms with Crippen LogP contribution in [0.25, 0.3) is 0 Å². The van der Waals surface area contributed by atoms with Crippen LogP contribution in [0.1, 0.15) is 10.5 Å². The Labute approximate surface area is 108 Å². The molecule has 0 aliphatic carbocycles. The zero-order valence-corrected chi connectivity index (χ0v) is 11.5. The van der Waals surface area contributed by atoms with Gasteiger partial charge in [-0.1, -0.05) is 15.9 Å². The molecule has 0 aromatic carbocycles. The van der Waals surface area contributed by atoms with E-state index in [2.05, 4.69) is 31.0 Å². The van der Waals surface area contributed by atoms with Gasteiger partial charge in [0.2, 0.25) is 10.0 Å². The average Bonchev–Trinajstić information content (AvgIpc) is 2.23. The zero-order chi connectivity index (χ0) is 12.9. The molecule has 8 heteroatoms. The Morgan fingerprint density at radius 3 is 2.76 bits per heavy atom. The number of carbonyl (C=O) groups excluding carboxylic acids is 1. The van der Waals surface area contributed by atoms with Gasteiger partial charge in [0.25, 0.3) is 5.91 Å². The standard InChI is InChI=1S/C9H12BrN3O3S/c1-17(15,16)13-5-4-12-9(14)8-6-7(10)2-3-11-8/h2-3,6,13H,4-5H2,1H3,(H,12,14). The van der Waals surface area contributed by atoms with Crippen molar-refractivity contribution in [1.82, 2.24) is 15.0 Å². The molecule has 1 amide bonds. The Balaban J connectivity index is 2.41. The molecule has 0 fully saturated rings. The van der Waals surface area contributed by atoms with Crippen molar-refractivity contribution in [2.45, 2.75) is 0 Å². The van der Waals surface area contributed by atoms with E-state index < -0.39 is 10.0 Å². The van der Waals surface area contributed by atoms with Gasteiger partial charge in [0.1, 0.15) is 5.69 Å². The third-order valence-electron chi connectivity index (χ3n) is 1.73. The Morgan fingerprint density at radius 1 is 1.47 bits per heavy atom. The minimum absolute atomic E-state index is 0.151. The first-order valence-corrected chi connectivity index (χ1v) is 7.41. The van der Waals surface area contributed by atoms with Crippen LogP contribution in [0, 0.1) is 0 Å². The Morgan fingerprint density at radius 2 is 2.18 bits per heavy atom. The maximum Gasteiger partial charge on any atom is 0.269 e. The number of hydrogen-bond donors (Lipinski definition) is 2. The van der Waals surface area contributed by atoms with Crippen LogP contribution in [-0.4, -0.2) is 38.7 Å². The summed E-state index contributed by atoms with van der Waals surface area (Å²) in [5.74, 6) is -0.346. The molecule has 0 aliphatic rings. The van der Waals surface area contributed by atoms with E-state index in [0.717, 1.165) is 10.7 Å². The molecule has 6 nitrogen and oxygen atoms in total. The molecule has 1 rings (SSSR count). The van der Waals surface area contributed by atoms with Crippen LogP contribution in [0.2, 0.25) is 0 Å². The van der Waals surface area contributed by atoms with Crippen molar-refractivity contribution in [3.05, 3.63) is 28.5 Å². The molecule has 0 spiro atoms. The van der Waals surface area contributed by atoms with Crippen molar-refractivity contribution in [2.75, 3.05) is 19.3 Å². The maximum atomic E-state index is 11.5. The van der Waals surface area contributed by atoms with Crippen molar-refractivity contribution >= 4 is 31.9 Å². The summed E-state index contributed by atoms with van der Waals surface area (Å²) >= 11 is 3.23. The molecule has 0 atom stereocenters. The van der Waals surface area contributed by atoms with Crippen molar-refractivity contribution < 1.29 is 13.2 Å². The van der Waals surface area contributed by atoms with Crippen LogP contribution < -0.4 is 10.0 Å². The van der Waals surface area contributed by atoms with Gasteiger partial charge in [0.05, 0.1) is 6.26 Å². The van der Waals surface area contributed by atoms with E-state index in [1.54, 1.807) is 12.1 Å². The molecule has 94 valence electrons. The summed E-state index contributed by atoms with van der Waals surface area (Å²) in [5.41, 5.74) is 0.277. The molecular weight excluding hydrogens is 310 g/mol. The van der Waals surface area contributed by atoms with E-state index in [4.69, 9.17) is 0 Å². The minimum Gasteiger partial charge on any atom is -0.349 e. The summed E-state index contributed by atoms with van der Waals surface area (Å²) in [6, 6.07) is 3.29. The third-order valence-corrected chi connectivity index (χ3v) is 2.95. The Kier molecular flexibility index (Phi) is 5.03. The van der Waals surface area contributed by atoms with Crippen molar-refractivity contribution in [1.29, 1.82) is 0 Å². The summed E-state index contributed by atoms with van der Waals surface area (Å²) in [5, 5.41) is 2.55. The monoisotopic (exact) mass is 321 g/mol. The second-order valence-corrected chi connectivity index (χ2v) is 6.03. The summed E-state index contributed by atoms with van der Waals surface area (Å²) in [6.45, 7) is 0.360. The number of nitrogens with one attached hydrogen (secondary N) is 2. The fraction of sp³-hybridized carbons (Fsp3) is 0.333. The molecule has 0 bridgehead atoms. The van der Waals surface area contributed by atoms with Crippen LogP contribution in [0.5, 0.6) is 0 Å². The zero-order valence-electron chi connectivity index (χ0n) is 9.10. The number of aromatic nitrogens is 1. The lowest BCUT2D eigenvalue weighted by molar-refractivity contribution is 0.0949. The molecule has 0 aliphatic heterocycles. The van der Waals surface area contributed by atoms with Gasteiger partial charge in [-0.15, -0.1) is 0 Å². The molecular formula is C9H12BrN3O3S. The van der Waals surface area contributed by atoms with Gasteiger partial charge in [-0.3, -0.25) is 9.78 Å². The largest absolute Gasteiger partial charge is 0.349 e. The second-order valence-electron chi connectivity index (χ2n) is 3.28. The first-order chi connectivity index (χ1) is 7.88. The number of nitrogens with zero attached hydrogens (tertiary/aromatic N) is 1. The lowest BCUT2D eigenvalue weighted by atomic mass is 10.3. The molecule has 2 N–H and O–H groups in total. The molecule has 1 aromatic heterocycles. The molecule has 0 unspecified atom stereocenters. The molecule has 1 aromatic rings. The van der Waals surface area contributed by atoms with Crippen LogP contribution in [-0.2, 0) is 10.0 Å². The summed E-state index contributed by atoms with van der Waals surface area (Å²) < 4.78 is 24.5. The van der Waals surface area contributed by atoms with Gasteiger partial charge in [-0.05, 0) is 12.1 Å². The van der Waals surface area contributed by atoms with Crippen molar-refractivity contribution in [2.24, 2.45) is 0 Å². The topological polar surface area (TPSA) is 88.2 Å². The van der Waals surface area contributed by atoms with Gasteiger partial charge in [0.15, 0.2) is 0 Å². The van der Waals surface area contributed by atoms with Crippen LogP contribution in [0.15, 0.2) is 22.8 Å². The van der Waals surface area contributed by atoms with Crippen LogP contribution >= 0.6 is 15.9 Å². The van der Waals surface area contributed by atoms with E-state index in [0.29, 0.717) is 0 Å². The average molecular weight is 322 g/mol. The van der Waals surface area contributed by atoms with Crippen LogP contribution in [0.4, 0.5) is 0 Å². The molecule has 0 radical (unpaired) electrons. The first-order valence-electron chi connectivity index (χ1n) is 4.73. The highest BCUT2D eigenvalue weighted by atomic mass is 79.9. The first kappa shape index (κ1) is 14.1. The van der Waals surface area contributed by atoms with E-state index in [1.807, 2.05) is 0 Å². The van der Waals surface area contributed by atoms with Gasteiger partial charge >= 0.3 is 0 Å². The number of amides is 1. The summed E-state index contributed by atoms with van der Waals surface area (Å²) in [7, 11) is -3.22. The van der Waals surface area contributed by atoms with E-state index in [-0.39, 0.29) is 24.7 Å². The normalized spacial score (nSPS) is 11.2.